The number of rotatable bonds is 6. The summed E-state index contributed by atoms with van der Waals surface area (Å²) < 4.78 is 5.59. The van der Waals surface area contributed by atoms with E-state index in [2.05, 4.69) is 41.1 Å². The quantitative estimate of drug-likeness (QED) is 0.233. The second-order valence-electron chi connectivity index (χ2n) is 7.54. The summed E-state index contributed by atoms with van der Waals surface area (Å²) in [5, 5.41) is 25.9. The number of amides is 1. The summed E-state index contributed by atoms with van der Waals surface area (Å²) in [6.07, 6.45) is 2.20. The molecule has 2 aromatic heterocycles. The number of benzene rings is 2. The topological polar surface area (TPSA) is 176 Å². The van der Waals surface area contributed by atoms with E-state index in [1.54, 1.807) is 12.1 Å². The molecule has 7 N–H and O–H groups in total. The number of carbonyl (C=O) groups is 1. The monoisotopic (exact) mass is 493 g/mol. The van der Waals surface area contributed by atoms with Gasteiger partial charge in [0, 0.05) is 29.7 Å². The molecule has 2 aromatic carbocycles. The van der Waals surface area contributed by atoms with E-state index in [0.717, 1.165) is 11.3 Å². The second kappa shape index (κ2) is 10.3. The summed E-state index contributed by atoms with van der Waals surface area (Å²) >= 11 is 0. The Bertz CT molecular complexity index is 1330. The molecule has 0 aliphatic carbocycles. The van der Waals surface area contributed by atoms with E-state index in [0.29, 0.717) is 29.5 Å². The van der Waals surface area contributed by atoms with Crippen LogP contribution in [0.2, 0.25) is 0 Å². The number of hydrogen-bond acceptors (Lipinski definition) is 10. The van der Waals surface area contributed by atoms with Gasteiger partial charge in [-0.1, -0.05) is 12.1 Å². The van der Waals surface area contributed by atoms with Gasteiger partial charge in [-0.15, -0.1) is 0 Å². The molecular formula is C22H23N9O3S. The number of ether oxygens (including phenoxy) is 1. The lowest BCUT2D eigenvalue weighted by atomic mass is 10.2. The van der Waals surface area contributed by atoms with Gasteiger partial charge >= 0.3 is 0 Å². The highest BCUT2D eigenvalue weighted by Crippen LogP contribution is 2.31. The van der Waals surface area contributed by atoms with Crippen LogP contribution in [0.1, 0.15) is 10.4 Å². The van der Waals surface area contributed by atoms with Gasteiger partial charge < -0.3 is 31.5 Å². The van der Waals surface area contributed by atoms with E-state index in [1.807, 2.05) is 30.3 Å². The van der Waals surface area contributed by atoms with Crippen molar-refractivity contribution in [2.45, 2.75) is 6.10 Å². The van der Waals surface area contributed by atoms with Crippen LogP contribution in [0, 0.1) is 0 Å². The van der Waals surface area contributed by atoms with Crippen LogP contribution in [0.15, 0.2) is 55.0 Å². The number of hydrogen-bond donors (Lipinski definition) is 6. The number of nitrogens with two attached hydrogens (primary N) is 1. The van der Waals surface area contributed by atoms with E-state index in [9.17, 15) is 9.90 Å². The number of aliphatic hydroxyl groups is 1. The molecule has 3 heterocycles. The fourth-order valence-electron chi connectivity index (χ4n) is 3.42. The maximum atomic E-state index is 12.0. The Morgan fingerprint density at radius 2 is 2.00 bits per heavy atom. The van der Waals surface area contributed by atoms with Crippen molar-refractivity contribution in [1.29, 1.82) is 0 Å². The van der Waals surface area contributed by atoms with Gasteiger partial charge in [-0.2, -0.15) is 23.6 Å². The summed E-state index contributed by atoms with van der Waals surface area (Å²) in [6.45, 7) is 0.596. The zero-order chi connectivity index (χ0) is 23.5. The van der Waals surface area contributed by atoms with E-state index in [-0.39, 0.29) is 37.4 Å². The van der Waals surface area contributed by atoms with Crippen LogP contribution in [-0.4, -0.2) is 55.4 Å². The SMILES string of the molecule is NC(=O)c1cnc(Nc2ccc3c(c2)NC[C@H](O)CO3)nc1Nc1cccc(-c2ncn[nH]2)c1.S. The molecular weight excluding hydrogens is 470 g/mol. The van der Waals surface area contributed by atoms with Crippen LogP contribution in [0.3, 0.4) is 0 Å². The molecule has 13 heteroatoms. The lowest BCUT2D eigenvalue weighted by Gasteiger charge is -2.13. The number of primary amides is 1. The molecule has 12 nitrogen and oxygen atoms in total. The van der Waals surface area contributed by atoms with Gasteiger partial charge in [0.2, 0.25) is 5.95 Å². The summed E-state index contributed by atoms with van der Waals surface area (Å²) in [5.74, 6) is 1.09. The van der Waals surface area contributed by atoms with E-state index < -0.39 is 12.0 Å². The van der Waals surface area contributed by atoms with Gasteiger partial charge in [0.25, 0.3) is 5.91 Å². The van der Waals surface area contributed by atoms with E-state index in [1.165, 1.54) is 12.5 Å². The summed E-state index contributed by atoms with van der Waals surface area (Å²) in [4.78, 5) is 24.8. The van der Waals surface area contributed by atoms with Gasteiger partial charge in [-0.25, -0.2) is 9.97 Å². The van der Waals surface area contributed by atoms with Crippen LogP contribution < -0.4 is 26.4 Å². The minimum absolute atomic E-state index is 0. The van der Waals surface area contributed by atoms with Crippen molar-refractivity contribution >= 4 is 48.2 Å². The van der Waals surface area contributed by atoms with Crippen molar-refractivity contribution < 1.29 is 14.6 Å². The highest BCUT2D eigenvalue weighted by Gasteiger charge is 2.16. The van der Waals surface area contributed by atoms with Crippen LogP contribution in [0.5, 0.6) is 5.75 Å². The standard InChI is InChI=1S/C22H21N9O3.H2S/c23-19(33)16-9-25-22(29-14-4-5-18-17(7-14)24-8-15(32)10-34-18)30-21(16)28-13-3-1-2-12(6-13)20-26-11-27-31-20;/h1-7,9,11,15,24,32H,8,10H2,(H2,23,33)(H,26,27,31)(H2,25,28,29,30);1H2/t15-;/m0./s1. The van der Waals surface area contributed by atoms with Gasteiger partial charge in [0.1, 0.15) is 36.2 Å². The van der Waals surface area contributed by atoms with Crippen molar-refractivity contribution in [1.82, 2.24) is 25.1 Å². The molecule has 180 valence electrons. The van der Waals surface area contributed by atoms with Crippen molar-refractivity contribution in [3.05, 3.63) is 60.6 Å². The molecule has 5 rings (SSSR count). The van der Waals surface area contributed by atoms with Gasteiger partial charge in [0.15, 0.2) is 5.82 Å². The Balaban J connectivity index is 0.00000289. The maximum absolute atomic E-state index is 12.0. The highest BCUT2D eigenvalue weighted by atomic mass is 32.1. The van der Waals surface area contributed by atoms with Crippen LogP contribution in [0.25, 0.3) is 11.4 Å². The summed E-state index contributed by atoms with van der Waals surface area (Å²) in [5.41, 5.74) is 8.58. The average Bonchev–Trinajstić information content (AvgIpc) is 3.31. The summed E-state index contributed by atoms with van der Waals surface area (Å²) in [6, 6.07) is 12.8. The predicted molar refractivity (Wildman–Crippen MR) is 136 cm³/mol. The zero-order valence-electron chi connectivity index (χ0n) is 18.3. The first-order valence-corrected chi connectivity index (χ1v) is 10.4. The summed E-state index contributed by atoms with van der Waals surface area (Å²) in [7, 11) is 0. The zero-order valence-corrected chi connectivity index (χ0v) is 19.3. The number of carbonyl (C=O) groups excluding carboxylic acids is 1. The number of nitrogens with one attached hydrogen (secondary N) is 4. The minimum Gasteiger partial charge on any atom is -0.489 e. The molecule has 1 amide bonds. The van der Waals surface area contributed by atoms with Crippen molar-refractivity contribution in [3.8, 4) is 17.1 Å². The number of H-pyrrole nitrogens is 1. The number of aromatic nitrogens is 5. The third kappa shape index (κ3) is 5.42. The number of nitrogens with zero attached hydrogens (tertiary/aromatic N) is 4. The molecule has 0 bridgehead atoms. The third-order valence-corrected chi connectivity index (χ3v) is 5.06. The first-order valence-electron chi connectivity index (χ1n) is 10.4. The Kier molecular flexibility index (Phi) is 6.98. The van der Waals surface area contributed by atoms with Gasteiger partial charge in [0.05, 0.1) is 5.69 Å². The van der Waals surface area contributed by atoms with Crippen LogP contribution in [0.4, 0.5) is 28.8 Å². The van der Waals surface area contributed by atoms with Crippen molar-refractivity contribution in [3.63, 3.8) is 0 Å². The number of aromatic amines is 1. The molecule has 1 aliphatic heterocycles. The number of aliphatic hydroxyl groups excluding tert-OH is 1. The second-order valence-corrected chi connectivity index (χ2v) is 7.54. The van der Waals surface area contributed by atoms with E-state index >= 15 is 0 Å². The fraction of sp³-hybridized carbons (Fsp3) is 0.136. The van der Waals surface area contributed by atoms with E-state index in [4.69, 9.17) is 10.5 Å². The molecule has 35 heavy (non-hydrogen) atoms. The first-order chi connectivity index (χ1) is 16.5. The van der Waals surface area contributed by atoms with Crippen LogP contribution >= 0.6 is 13.5 Å². The Hall–Kier alpha value is -4.36. The molecule has 0 unspecified atom stereocenters. The molecule has 4 aromatic rings. The van der Waals surface area contributed by atoms with Crippen molar-refractivity contribution in [2.24, 2.45) is 5.73 Å². The maximum Gasteiger partial charge on any atom is 0.254 e. The third-order valence-electron chi connectivity index (χ3n) is 5.06. The lowest BCUT2D eigenvalue weighted by molar-refractivity contribution is 0.100. The molecule has 1 atom stereocenters. The molecule has 0 saturated heterocycles. The molecule has 0 radical (unpaired) electrons. The lowest BCUT2D eigenvalue weighted by Crippen LogP contribution is -2.23. The number of anilines is 5. The minimum atomic E-state index is -0.662. The number of fused-ring (bicyclic) bond motifs is 1. The van der Waals surface area contributed by atoms with Crippen LogP contribution in [-0.2, 0) is 0 Å². The van der Waals surface area contributed by atoms with Gasteiger partial charge in [-0.3, -0.25) is 9.89 Å². The molecule has 0 fully saturated rings. The molecule has 1 aliphatic rings. The Labute approximate surface area is 206 Å². The van der Waals surface area contributed by atoms with Gasteiger partial charge in [-0.05, 0) is 30.3 Å². The average molecular weight is 494 g/mol. The number of β-amino-alcohol motifs (C(OH)–C–C–N with tert-alkyl or cyclic N) is 1. The fourth-order valence-corrected chi connectivity index (χ4v) is 3.42. The first kappa shape index (κ1) is 23.8. The molecule has 0 saturated carbocycles. The van der Waals surface area contributed by atoms with Crippen molar-refractivity contribution in [2.75, 3.05) is 29.1 Å². The normalized spacial score (nSPS) is 14.4. The molecule has 0 spiro atoms. The Morgan fingerprint density at radius 3 is 2.80 bits per heavy atom. The highest BCUT2D eigenvalue weighted by molar-refractivity contribution is 7.59. The Morgan fingerprint density at radius 1 is 1.14 bits per heavy atom. The largest absolute Gasteiger partial charge is 0.489 e. The predicted octanol–water partition coefficient (Wildman–Crippen LogP) is 2.13. The smallest absolute Gasteiger partial charge is 0.254 e.